The van der Waals surface area contributed by atoms with E-state index in [2.05, 4.69) is 0 Å². The summed E-state index contributed by atoms with van der Waals surface area (Å²) in [6.07, 6.45) is -1.11. The van der Waals surface area contributed by atoms with Gasteiger partial charge in [0.1, 0.15) is 16.7 Å². The number of rotatable bonds is 6. The quantitative estimate of drug-likeness (QED) is 0.311. The predicted molar refractivity (Wildman–Crippen MR) is 159 cm³/mol. The first-order chi connectivity index (χ1) is 19.1. The third kappa shape index (κ3) is 6.83. The van der Waals surface area contributed by atoms with E-state index in [0.29, 0.717) is 11.9 Å². The molecule has 0 unspecified atom stereocenters. The van der Waals surface area contributed by atoms with Gasteiger partial charge in [-0.05, 0) is 55.4 Å². The number of fused-ring (bicyclic) bond motifs is 2. The van der Waals surface area contributed by atoms with Crippen molar-refractivity contribution >= 4 is 44.2 Å². The molecule has 0 spiro atoms. The molecule has 0 bridgehead atoms. The summed E-state index contributed by atoms with van der Waals surface area (Å²) in [6.45, 7) is 1.26. The lowest BCUT2D eigenvalue weighted by molar-refractivity contribution is -0.126. The Kier molecular flexibility index (Phi) is 9.49. The van der Waals surface area contributed by atoms with Gasteiger partial charge in [-0.2, -0.15) is 8.42 Å². The number of benzene rings is 4. The van der Waals surface area contributed by atoms with E-state index in [4.69, 9.17) is 9.29 Å². The second kappa shape index (κ2) is 12.8. The standard InChI is InChI=1S/C20H24N2O3S.C10H8O3S/c1-21(2)12-13-22-16-6-4-5-7-17(16)26-19(18(23)20(22)24)14-8-10-15(25-3)11-9-14;11-14(12,13)10-7-3-5-8-4-1-2-6-9(8)10/h4-11,18-19,23H,12-13H2,1-3H3;1-7H,(H,11,12,13)/t18-,19+;/m1./s1. The Hall–Kier alpha value is -3.41. The number of amides is 1. The first-order valence-electron chi connectivity index (χ1n) is 12.6. The lowest BCUT2D eigenvalue weighted by Gasteiger charge is -2.26. The van der Waals surface area contributed by atoms with Gasteiger partial charge < -0.3 is 19.6 Å². The predicted octanol–water partition coefficient (Wildman–Crippen LogP) is 4.88. The smallest absolute Gasteiger partial charge is 0.295 e. The van der Waals surface area contributed by atoms with Crippen molar-refractivity contribution in [3.8, 4) is 5.75 Å². The number of nitrogens with zero attached hydrogens (tertiary/aromatic N) is 2. The molecule has 10 heteroatoms. The molecule has 5 rings (SSSR count). The van der Waals surface area contributed by atoms with Crippen LogP contribution in [0.2, 0.25) is 0 Å². The third-order valence-corrected chi connectivity index (χ3v) is 8.75. The van der Waals surface area contributed by atoms with Crippen LogP contribution in [0.4, 0.5) is 5.69 Å². The number of hydrogen-bond acceptors (Lipinski definition) is 7. The fraction of sp³-hybridized carbons (Fsp3) is 0.233. The van der Waals surface area contributed by atoms with E-state index in [1.165, 1.54) is 17.8 Å². The molecule has 0 aromatic heterocycles. The summed E-state index contributed by atoms with van der Waals surface area (Å²) in [4.78, 5) is 17.7. The minimum Gasteiger partial charge on any atom is -0.497 e. The Morgan fingerprint density at radius 1 is 0.925 bits per heavy atom. The molecule has 4 aromatic rings. The van der Waals surface area contributed by atoms with Crippen molar-refractivity contribution in [1.82, 2.24) is 4.90 Å². The molecule has 0 fully saturated rings. The number of ether oxygens (including phenoxy) is 1. The monoisotopic (exact) mass is 580 g/mol. The third-order valence-electron chi connectivity index (χ3n) is 6.46. The molecule has 1 heterocycles. The zero-order chi connectivity index (χ0) is 28.9. The Morgan fingerprint density at radius 3 is 2.25 bits per heavy atom. The maximum atomic E-state index is 13.0. The number of methoxy groups -OCH3 is 1. The largest absolute Gasteiger partial charge is 0.497 e. The first-order valence-corrected chi connectivity index (χ1v) is 14.9. The van der Waals surface area contributed by atoms with Gasteiger partial charge >= 0.3 is 0 Å². The van der Waals surface area contributed by atoms with Crippen LogP contribution in [0.1, 0.15) is 10.8 Å². The summed E-state index contributed by atoms with van der Waals surface area (Å²) in [6, 6.07) is 27.2. The number of para-hydroxylation sites is 1. The van der Waals surface area contributed by atoms with E-state index in [0.717, 1.165) is 33.8 Å². The van der Waals surface area contributed by atoms with E-state index >= 15 is 0 Å². The molecule has 40 heavy (non-hydrogen) atoms. The number of carbonyl (C=O) groups excluding carboxylic acids is 1. The van der Waals surface area contributed by atoms with Gasteiger partial charge in [0.2, 0.25) is 0 Å². The summed E-state index contributed by atoms with van der Waals surface area (Å²) in [5.74, 6) is 0.492. The SMILES string of the molecule is COc1ccc([C@@H]2Sc3ccccc3N(CCN(C)C)C(=O)[C@@H]2O)cc1.O=S(=O)(O)c1cccc2ccccc12. The molecule has 210 valence electrons. The average molecular weight is 581 g/mol. The summed E-state index contributed by atoms with van der Waals surface area (Å²) < 4.78 is 36.2. The van der Waals surface area contributed by atoms with Crippen molar-refractivity contribution in [2.24, 2.45) is 0 Å². The van der Waals surface area contributed by atoms with Gasteiger partial charge in [-0.3, -0.25) is 9.35 Å². The Morgan fingerprint density at radius 2 is 1.57 bits per heavy atom. The van der Waals surface area contributed by atoms with Gasteiger partial charge in [-0.15, -0.1) is 11.8 Å². The van der Waals surface area contributed by atoms with Crippen molar-refractivity contribution in [3.05, 3.63) is 96.6 Å². The van der Waals surface area contributed by atoms with Crippen LogP contribution in [0.15, 0.2) is 101 Å². The highest BCUT2D eigenvalue weighted by atomic mass is 32.2. The molecule has 0 aliphatic carbocycles. The van der Waals surface area contributed by atoms with E-state index in [9.17, 15) is 18.3 Å². The highest BCUT2D eigenvalue weighted by molar-refractivity contribution is 7.99. The van der Waals surface area contributed by atoms with Crippen LogP contribution in [0.5, 0.6) is 5.75 Å². The first kappa shape index (κ1) is 29.6. The summed E-state index contributed by atoms with van der Waals surface area (Å²) >= 11 is 1.53. The molecular formula is C30H32N2O6S2. The number of hydrogen-bond donors (Lipinski definition) is 2. The number of thioether (sulfide) groups is 1. The minimum absolute atomic E-state index is 0.0457. The number of likely N-dealkylation sites (N-methyl/N-ethyl adjacent to an activating group) is 1. The summed E-state index contributed by atoms with van der Waals surface area (Å²) in [7, 11) is 1.43. The van der Waals surface area contributed by atoms with Crippen molar-refractivity contribution in [2.45, 2.75) is 21.1 Å². The average Bonchev–Trinajstić information content (AvgIpc) is 3.05. The molecule has 0 saturated heterocycles. The number of aliphatic hydroxyl groups is 1. The van der Waals surface area contributed by atoms with Crippen molar-refractivity contribution in [2.75, 3.05) is 39.2 Å². The van der Waals surface area contributed by atoms with Crippen LogP contribution in [-0.2, 0) is 14.9 Å². The Bertz CT molecular complexity index is 1570. The number of anilines is 1. The molecule has 1 aliphatic rings. The van der Waals surface area contributed by atoms with Crippen molar-refractivity contribution < 1.29 is 27.6 Å². The fourth-order valence-corrected chi connectivity index (χ4v) is 6.37. The van der Waals surface area contributed by atoms with Crippen LogP contribution >= 0.6 is 11.8 Å². The van der Waals surface area contributed by atoms with Gasteiger partial charge in [0.25, 0.3) is 16.0 Å². The molecule has 1 aliphatic heterocycles. The Labute approximate surface area is 238 Å². The van der Waals surface area contributed by atoms with Gasteiger partial charge in [0.15, 0.2) is 0 Å². The molecule has 1 amide bonds. The highest BCUT2D eigenvalue weighted by Crippen LogP contribution is 2.45. The van der Waals surface area contributed by atoms with Crippen LogP contribution in [-0.4, -0.2) is 69.3 Å². The fourth-order valence-electron chi connectivity index (χ4n) is 4.38. The van der Waals surface area contributed by atoms with E-state index in [1.54, 1.807) is 42.3 Å². The normalized spacial score (nSPS) is 17.1. The molecule has 2 N–H and O–H groups in total. The van der Waals surface area contributed by atoms with Crippen molar-refractivity contribution in [1.29, 1.82) is 0 Å². The minimum atomic E-state index is -4.13. The van der Waals surface area contributed by atoms with Gasteiger partial charge in [0.05, 0.1) is 18.0 Å². The lowest BCUT2D eigenvalue weighted by Crippen LogP contribution is -2.43. The molecule has 4 aromatic carbocycles. The van der Waals surface area contributed by atoms with Gasteiger partial charge in [-0.25, -0.2) is 0 Å². The molecule has 0 radical (unpaired) electrons. The zero-order valence-electron chi connectivity index (χ0n) is 22.5. The molecular weight excluding hydrogens is 548 g/mol. The van der Waals surface area contributed by atoms with Crippen LogP contribution in [0, 0.1) is 0 Å². The maximum Gasteiger partial charge on any atom is 0.295 e. The van der Waals surface area contributed by atoms with Gasteiger partial charge in [-0.1, -0.05) is 60.7 Å². The van der Waals surface area contributed by atoms with Crippen LogP contribution in [0.3, 0.4) is 0 Å². The van der Waals surface area contributed by atoms with E-state index < -0.39 is 16.2 Å². The topological polar surface area (TPSA) is 107 Å². The van der Waals surface area contributed by atoms with E-state index in [-0.39, 0.29) is 16.1 Å². The lowest BCUT2D eigenvalue weighted by atomic mass is 10.1. The van der Waals surface area contributed by atoms with Crippen molar-refractivity contribution in [3.63, 3.8) is 0 Å². The highest BCUT2D eigenvalue weighted by Gasteiger charge is 2.37. The molecule has 8 nitrogen and oxygen atoms in total. The van der Waals surface area contributed by atoms with E-state index in [1.807, 2.05) is 73.6 Å². The van der Waals surface area contributed by atoms with Crippen LogP contribution in [0.25, 0.3) is 10.8 Å². The van der Waals surface area contributed by atoms with Crippen LogP contribution < -0.4 is 9.64 Å². The second-order valence-electron chi connectivity index (χ2n) is 9.47. The summed E-state index contributed by atoms with van der Waals surface area (Å²) in [5.41, 5.74) is 1.76. The summed E-state index contributed by atoms with van der Waals surface area (Å²) in [5, 5.41) is 11.8. The van der Waals surface area contributed by atoms with Gasteiger partial charge in [0, 0.05) is 23.4 Å². The molecule has 2 atom stereocenters. The number of carbonyl (C=O) groups is 1. The molecule has 0 saturated carbocycles. The maximum absolute atomic E-state index is 13.0. The Balaban J connectivity index is 0.000000222. The number of aliphatic hydroxyl groups excluding tert-OH is 1. The second-order valence-corrected chi connectivity index (χ2v) is 12.0. The zero-order valence-corrected chi connectivity index (χ0v) is 24.1.